The third kappa shape index (κ3) is 3.44. The van der Waals surface area contributed by atoms with Gasteiger partial charge in [-0.15, -0.1) is 0 Å². The largest absolute Gasteiger partial charge is 0.304 e. The fourth-order valence-electron chi connectivity index (χ4n) is 2.13. The van der Waals surface area contributed by atoms with Gasteiger partial charge < -0.3 is 4.90 Å². The first-order chi connectivity index (χ1) is 10.3. The summed E-state index contributed by atoms with van der Waals surface area (Å²) in [4.78, 5) is 15.0. The second-order valence-electron chi connectivity index (χ2n) is 4.72. The highest BCUT2D eigenvalue weighted by molar-refractivity contribution is 8.02. The Morgan fingerprint density at radius 2 is 1.57 bits per heavy atom. The molecule has 0 fully saturated rings. The van der Waals surface area contributed by atoms with E-state index in [1.807, 2.05) is 60.0 Å². The maximum absolute atomic E-state index is 12.0. The second kappa shape index (κ2) is 6.46. The van der Waals surface area contributed by atoms with Crippen molar-refractivity contribution in [2.75, 3.05) is 0 Å². The minimum absolute atomic E-state index is 0.0405. The third-order valence-corrected chi connectivity index (χ3v) is 4.12. The molecule has 0 saturated carbocycles. The van der Waals surface area contributed by atoms with Crippen LogP contribution in [-0.4, -0.2) is 10.8 Å². The molecule has 104 valence electrons. The van der Waals surface area contributed by atoms with E-state index in [0.29, 0.717) is 6.54 Å². The molecule has 21 heavy (non-hydrogen) atoms. The number of nitrogens with zero attached hydrogens (tertiary/aromatic N) is 1. The molecule has 0 spiro atoms. The van der Waals surface area contributed by atoms with Crippen LogP contribution in [0.5, 0.6) is 0 Å². The topological polar surface area (TPSA) is 20.3 Å². The van der Waals surface area contributed by atoms with Gasteiger partial charge in [-0.05, 0) is 29.2 Å². The van der Waals surface area contributed by atoms with Crippen LogP contribution in [0.3, 0.4) is 0 Å². The molecule has 3 rings (SSSR count). The van der Waals surface area contributed by atoms with Crippen molar-refractivity contribution in [2.45, 2.75) is 11.4 Å². The van der Waals surface area contributed by atoms with Gasteiger partial charge in [-0.3, -0.25) is 4.79 Å². The van der Waals surface area contributed by atoms with Crippen molar-refractivity contribution in [2.24, 2.45) is 0 Å². The van der Waals surface area contributed by atoms with Gasteiger partial charge in [-0.2, -0.15) is 0 Å². The van der Waals surface area contributed by atoms with Crippen molar-refractivity contribution < 1.29 is 4.79 Å². The van der Waals surface area contributed by atoms with Gasteiger partial charge in [-0.1, -0.05) is 60.3 Å². The monoisotopic (exact) mass is 293 g/mol. The molecular formula is C18H15NOS. The van der Waals surface area contributed by atoms with Crippen molar-refractivity contribution in [3.05, 3.63) is 89.5 Å². The van der Waals surface area contributed by atoms with E-state index in [-0.39, 0.29) is 5.91 Å². The number of thioether (sulfide) groups is 1. The quantitative estimate of drug-likeness (QED) is 0.787. The first-order valence-electron chi connectivity index (χ1n) is 6.78. The van der Waals surface area contributed by atoms with E-state index in [9.17, 15) is 4.79 Å². The van der Waals surface area contributed by atoms with E-state index in [1.165, 1.54) is 0 Å². The standard InChI is InChI=1S/C18H15NOS/c20-18-12-11-16(14-21-17-9-5-2-6-10-17)19(18)13-15-7-3-1-4-8-15/h1-12,14H,13H2/b16-14+. The summed E-state index contributed by atoms with van der Waals surface area (Å²) in [5.41, 5.74) is 2.07. The lowest BCUT2D eigenvalue weighted by Gasteiger charge is -2.18. The van der Waals surface area contributed by atoms with Crippen LogP contribution in [0.4, 0.5) is 0 Å². The van der Waals surface area contributed by atoms with E-state index in [2.05, 4.69) is 12.1 Å². The fourth-order valence-corrected chi connectivity index (χ4v) is 2.91. The van der Waals surface area contributed by atoms with Crippen LogP contribution in [0.15, 0.2) is 88.8 Å². The predicted octanol–water partition coefficient (Wildman–Crippen LogP) is 4.22. The van der Waals surface area contributed by atoms with Crippen LogP contribution in [0.25, 0.3) is 0 Å². The van der Waals surface area contributed by atoms with E-state index < -0.39 is 0 Å². The van der Waals surface area contributed by atoms with Crippen LogP contribution in [0.1, 0.15) is 5.56 Å². The van der Waals surface area contributed by atoms with Crippen LogP contribution < -0.4 is 0 Å². The molecule has 0 bridgehead atoms. The summed E-state index contributed by atoms with van der Waals surface area (Å²) in [5.74, 6) is 0.0405. The van der Waals surface area contributed by atoms with Crippen molar-refractivity contribution in [3.63, 3.8) is 0 Å². The zero-order valence-electron chi connectivity index (χ0n) is 11.5. The van der Waals surface area contributed by atoms with E-state index in [0.717, 1.165) is 16.2 Å². The molecule has 3 heteroatoms. The average Bonchev–Trinajstić information content (AvgIpc) is 2.88. The second-order valence-corrected chi connectivity index (χ2v) is 5.66. The molecule has 2 aromatic rings. The van der Waals surface area contributed by atoms with Crippen LogP contribution in [0, 0.1) is 0 Å². The average molecular weight is 293 g/mol. The molecule has 0 aromatic heterocycles. The fraction of sp³-hybridized carbons (Fsp3) is 0.0556. The van der Waals surface area contributed by atoms with Crippen molar-refractivity contribution in [3.8, 4) is 0 Å². The highest BCUT2D eigenvalue weighted by Gasteiger charge is 2.20. The first kappa shape index (κ1) is 13.7. The molecule has 1 heterocycles. The normalized spacial score (nSPS) is 15.9. The van der Waals surface area contributed by atoms with Gasteiger partial charge in [0.05, 0.1) is 12.2 Å². The summed E-state index contributed by atoms with van der Waals surface area (Å²) in [5, 5.41) is 2.03. The molecular weight excluding hydrogens is 278 g/mol. The van der Waals surface area contributed by atoms with Gasteiger partial charge in [0.1, 0.15) is 0 Å². The number of hydrogen-bond donors (Lipinski definition) is 0. The highest BCUT2D eigenvalue weighted by Crippen LogP contribution is 2.25. The molecule has 1 aliphatic heterocycles. The molecule has 1 aliphatic rings. The molecule has 0 aliphatic carbocycles. The number of carbonyl (C=O) groups excluding carboxylic acids is 1. The van der Waals surface area contributed by atoms with E-state index in [1.54, 1.807) is 22.7 Å². The third-order valence-electron chi connectivity index (χ3n) is 3.22. The Balaban J connectivity index is 1.74. The lowest BCUT2D eigenvalue weighted by atomic mass is 10.2. The molecule has 0 saturated heterocycles. The van der Waals surface area contributed by atoms with Crippen LogP contribution in [0.2, 0.25) is 0 Å². The number of hydrogen-bond acceptors (Lipinski definition) is 2. The number of amides is 1. The molecule has 0 radical (unpaired) electrons. The van der Waals surface area contributed by atoms with Gasteiger partial charge in [-0.25, -0.2) is 0 Å². The summed E-state index contributed by atoms with van der Waals surface area (Å²) in [6.07, 6.45) is 3.50. The van der Waals surface area contributed by atoms with Gasteiger partial charge in [0.25, 0.3) is 5.91 Å². The number of allylic oxidation sites excluding steroid dienone is 1. The van der Waals surface area contributed by atoms with E-state index >= 15 is 0 Å². The Morgan fingerprint density at radius 1 is 0.905 bits per heavy atom. The molecule has 0 N–H and O–H groups in total. The summed E-state index contributed by atoms with van der Waals surface area (Å²) < 4.78 is 0. The molecule has 1 amide bonds. The molecule has 2 nitrogen and oxygen atoms in total. The SMILES string of the molecule is O=C1C=C/C(=C\Sc2ccccc2)N1Cc1ccccc1. The zero-order chi connectivity index (χ0) is 14.5. The van der Waals surface area contributed by atoms with Crippen molar-refractivity contribution >= 4 is 17.7 Å². The maximum atomic E-state index is 12.0. The lowest BCUT2D eigenvalue weighted by Crippen LogP contribution is -2.23. The Bertz CT molecular complexity index is 677. The predicted molar refractivity (Wildman–Crippen MR) is 86.5 cm³/mol. The minimum Gasteiger partial charge on any atom is -0.304 e. The Hall–Kier alpha value is -2.26. The van der Waals surface area contributed by atoms with Gasteiger partial charge in [0.15, 0.2) is 0 Å². The summed E-state index contributed by atoms with van der Waals surface area (Å²) in [6, 6.07) is 20.2. The number of benzene rings is 2. The van der Waals surface area contributed by atoms with Gasteiger partial charge in [0, 0.05) is 11.0 Å². The summed E-state index contributed by atoms with van der Waals surface area (Å²) >= 11 is 1.63. The maximum Gasteiger partial charge on any atom is 0.251 e. The van der Waals surface area contributed by atoms with Gasteiger partial charge in [0.2, 0.25) is 0 Å². The molecule has 2 aromatic carbocycles. The zero-order valence-corrected chi connectivity index (χ0v) is 12.3. The first-order valence-corrected chi connectivity index (χ1v) is 7.66. The van der Waals surface area contributed by atoms with Gasteiger partial charge >= 0.3 is 0 Å². The van der Waals surface area contributed by atoms with Crippen LogP contribution >= 0.6 is 11.8 Å². The smallest absolute Gasteiger partial charge is 0.251 e. The minimum atomic E-state index is 0.0405. The Kier molecular flexibility index (Phi) is 4.22. The summed E-state index contributed by atoms with van der Waals surface area (Å²) in [7, 11) is 0. The highest BCUT2D eigenvalue weighted by atomic mass is 32.2. The number of carbonyl (C=O) groups is 1. The Labute approximate surface area is 128 Å². The van der Waals surface area contributed by atoms with Crippen molar-refractivity contribution in [1.82, 2.24) is 4.90 Å². The van der Waals surface area contributed by atoms with Crippen LogP contribution in [-0.2, 0) is 11.3 Å². The molecule has 0 atom stereocenters. The van der Waals surface area contributed by atoms with Crippen molar-refractivity contribution in [1.29, 1.82) is 0 Å². The Morgan fingerprint density at radius 3 is 2.29 bits per heavy atom. The number of rotatable bonds is 4. The molecule has 0 unspecified atom stereocenters. The summed E-state index contributed by atoms with van der Waals surface area (Å²) in [6.45, 7) is 0.605. The lowest BCUT2D eigenvalue weighted by molar-refractivity contribution is -0.123. The van der Waals surface area contributed by atoms with E-state index in [4.69, 9.17) is 0 Å².